The third-order valence-electron chi connectivity index (χ3n) is 4.38. The lowest BCUT2D eigenvalue weighted by molar-refractivity contribution is -0.140. The number of rotatable bonds is 4. The van der Waals surface area contributed by atoms with Crippen molar-refractivity contribution >= 4 is 5.91 Å². The molecule has 0 aliphatic carbocycles. The molecule has 0 radical (unpaired) electrons. The van der Waals surface area contributed by atoms with Gasteiger partial charge in [-0.3, -0.25) is 9.69 Å². The first kappa shape index (κ1) is 16.1. The van der Waals surface area contributed by atoms with Crippen LogP contribution in [0.4, 0.5) is 0 Å². The maximum absolute atomic E-state index is 12.5. The highest BCUT2D eigenvalue weighted by molar-refractivity contribution is 5.81. The fraction of sp³-hybridized carbons (Fsp3) is 0.588. The molecule has 1 amide bonds. The van der Waals surface area contributed by atoms with E-state index in [2.05, 4.69) is 4.90 Å². The predicted octanol–water partition coefficient (Wildman–Crippen LogP) is 1.14. The molecule has 3 rings (SSSR count). The topological polar surface area (TPSA) is 51.2 Å². The van der Waals surface area contributed by atoms with Gasteiger partial charge in [0.2, 0.25) is 5.91 Å². The van der Waals surface area contributed by atoms with Gasteiger partial charge in [0.1, 0.15) is 13.2 Å². The maximum atomic E-state index is 12.5. The van der Waals surface area contributed by atoms with Crippen LogP contribution in [0, 0.1) is 0 Å². The van der Waals surface area contributed by atoms with Crippen LogP contribution in [0.25, 0.3) is 0 Å². The number of carbonyl (C=O) groups is 1. The van der Waals surface area contributed by atoms with E-state index in [1.807, 2.05) is 37.1 Å². The van der Waals surface area contributed by atoms with Crippen molar-refractivity contribution in [3.8, 4) is 11.5 Å². The molecule has 0 bridgehead atoms. The molecule has 1 unspecified atom stereocenters. The Morgan fingerprint density at radius 3 is 2.61 bits per heavy atom. The van der Waals surface area contributed by atoms with Crippen LogP contribution in [0.2, 0.25) is 0 Å². The number of fused-ring (bicyclic) bond motifs is 1. The van der Waals surface area contributed by atoms with Gasteiger partial charge in [-0.05, 0) is 31.7 Å². The normalized spacial score (nSPS) is 18.8. The summed E-state index contributed by atoms with van der Waals surface area (Å²) in [5.41, 5.74) is 1.11. The predicted molar refractivity (Wildman–Crippen MR) is 85.8 cm³/mol. The summed E-state index contributed by atoms with van der Waals surface area (Å²) in [6.45, 7) is 6.44. The van der Waals surface area contributed by atoms with Gasteiger partial charge in [-0.15, -0.1) is 0 Å². The summed E-state index contributed by atoms with van der Waals surface area (Å²) < 4.78 is 16.5. The van der Waals surface area contributed by atoms with E-state index in [-0.39, 0.29) is 11.9 Å². The highest BCUT2D eigenvalue weighted by atomic mass is 16.6. The monoisotopic (exact) mass is 320 g/mol. The number of likely N-dealkylation sites (N-methyl/N-ethyl adjacent to an activating group) is 1. The zero-order valence-electron chi connectivity index (χ0n) is 13.8. The smallest absolute Gasteiger partial charge is 0.239 e. The molecule has 0 aromatic heterocycles. The lowest BCUT2D eigenvalue weighted by Crippen LogP contribution is -2.49. The molecule has 126 valence electrons. The Labute approximate surface area is 136 Å². The summed E-state index contributed by atoms with van der Waals surface area (Å²) in [5, 5.41) is 0. The van der Waals surface area contributed by atoms with E-state index < -0.39 is 0 Å². The van der Waals surface area contributed by atoms with Crippen molar-refractivity contribution in [2.24, 2.45) is 0 Å². The highest BCUT2D eigenvalue weighted by Crippen LogP contribution is 2.31. The van der Waals surface area contributed by atoms with E-state index in [1.165, 1.54) is 0 Å². The van der Waals surface area contributed by atoms with Crippen LogP contribution in [0.1, 0.15) is 12.5 Å². The number of nitrogens with zero attached hydrogens (tertiary/aromatic N) is 2. The van der Waals surface area contributed by atoms with Gasteiger partial charge in [0.05, 0.1) is 19.3 Å². The molecule has 6 heteroatoms. The van der Waals surface area contributed by atoms with Crippen molar-refractivity contribution in [2.75, 3.05) is 46.6 Å². The lowest BCUT2D eigenvalue weighted by Gasteiger charge is -2.32. The zero-order valence-corrected chi connectivity index (χ0v) is 13.8. The molecule has 1 aromatic rings. The molecular weight excluding hydrogens is 296 g/mol. The maximum Gasteiger partial charge on any atom is 0.239 e. The van der Waals surface area contributed by atoms with Crippen molar-refractivity contribution in [1.29, 1.82) is 0 Å². The summed E-state index contributed by atoms with van der Waals surface area (Å²) in [6, 6.07) is 5.79. The number of ether oxygens (including phenoxy) is 3. The summed E-state index contributed by atoms with van der Waals surface area (Å²) in [6.07, 6.45) is 0. The zero-order chi connectivity index (χ0) is 16.2. The van der Waals surface area contributed by atoms with E-state index in [0.717, 1.165) is 17.1 Å². The minimum Gasteiger partial charge on any atom is -0.486 e. The molecule has 2 heterocycles. The van der Waals surface area contributed by atoms with Crippen LogP contribution in [0.3, 0.4) is 0 Å². The van der Waals surface area contributed by atoms with Crippen LogP contribution in [0.5, 0.6) is 11.5 Å². The van der Waals surface area contributed by atoms with Crippen molar-refractivity contribution in [1.82, 2.24) is 9.80 Å². The number of hydrogen-bond acceptors (Lipinski definition) is 5. The molecule has 1 aromatic carbocycles. The first-order valence-electron chi connectivity index (χ1n) is 8.10. The van der Waals surface area contributed by atoms with Gasteiger partial charge in [0.15, 0.2) is 11.5 Å². The van der Waals surface area contributed by atoms with E-state index in [1.54, 1.807) is 0 Å². The molecular formula is C17H24N2O4. The Hall–Kier alpha value is -1.79. The van der Waals surface area contributed by atoms with Gasteiger partial charge < -0.3 is 19.1 Å². The lowest BCUT2D eigenvalue weighted by atomic mass is 10.1. The van der Waals surface area contributed by atoms with E-state index in [0.29, 0.717) is 46.1 Å². The molecule has 2 aliphatic heterocycles. The first-order chi connectivity index (χ1) is 11.1. The Morgan fingerprint density at radius 2 is 1.87 bits per heavy atom. The van der Waals surface area contributed by atoms with Gasteiger partial charge in [-0.2, -0.15) is 0 Å². The van der Waals surface area contributed by atoms with Crippen molar-refractivity contribution in [3.63, 3.8) is 0 Å². The number of benzene rings is 1. The molecule has 0 N–H and O–H groups in total. The molecule has 6 nitrogen and oxygen atoms in total. The second kappa shape index (κ2) is 7.19. The minimum atomic E-state index is -0.165. The molecule has 0 spiro atoms. The van der Waals surface area contributed by atoms with E-state index in [4.69, 9.17) is 14.2 Å². The van der Waals surface area contributed by atoms with Crippen LogP contribution >= 0.6 is 0 Å². The Kier molecular flexibility index (Phi) is 5.03. The van der Waals surface area contributed by atoms with E-state index in [9.17, 15) is 4.79 Å². The Bertz CT molecular complexity index is 558. The third kappa shape index (κ3) is 3.76. The Balaban J connectivity index is 1.61. The molecule has 0 saturated carbocycles. The highest BCUT2D eigenvalue weighted by Gasteiger charge is 2.25. The summed E-state index contributed by atoms with van der Waals surface area (Å²) in [7, 11) is 1.97. The van der Waals surface area contributed by atoms with Gasteiger partial charge >= 0.3 is 0 Å². The summed E-state index contributed by atoms with van der Waals surface area (Å²) in [5.74, 6) is 1.74. The largest absolute Gasteiger partial charge is 0.486 e. The van der Waals surface area contributed by atoms with Crippen LogP contribution in [-0.4, -0.2) is 68.3 Å². The van der Waals surface area contributed by atoms with Crippen LogP contribution in [0.15, 0.2) is 18.2 Å². The van der Waals surface area contributed by atoms with Gasteiger partial charge in [-0.1, -0.05) is 6.07 Å². The van der Waals surface area contributed by atoms with E-state index >= 15 is 0 Å². The fourth-order valence-corrected chi connectivity index (χ4v) is 2.85. The van der Waals surface area contributed by atoms with Gasteiger partial charge in [0, 0.05) is 19.6 Å². The summed E-state index contributed by atoms with van der Waals surface area (Å²) in [4.78, 5) is 16.5. The van der Waals surface area contributed by atoms with Gasteiger partial charge in [-0.25, -0.2) is 0 Å². The van der Waals surface area contributed by atoms with Crippen molar-refractivity contribution in [2.45, 2.75) is 19.5 Å². The third-order valence-corrected chi connectivity index (χ3v) is 4.38. The molecule has 23 heavy (non-hydrogen) atoms. The number of hydrogen-bond donors (Lipinski definition) is 0. The molecule has 1 atom stereocenters. The summed E-state index contributed by atoms with van der Waals surface area (Å²) >= 11 is 0. The first-order valence-corrected chi connectivity index (χ1v) is 8.10. The van der Waals surface area contributed by atoms with Crippen molar-refractivity contribution in [3.05, 3.63) is 23.8 Å². The van der Waals surface area contributed by atoms with Crippen LogP contribution < -0.4 is 9.47 Å². The number of carbonyl (C=O) groups excluding carboxylic acids is 1. The quantitative estimate of drug-likeness (QED) is 0.833. The molecule has 2 aliphatic rings. The fourth-order valence-electron chi connectivity index (χ4n) is 2.85. The SMILES string of the molecule is CC(C(=O)N1CCOCC1)N(C)Cc1ccc2c(c1)OCCO2. The number of amides is 1. The second-order valence-corrected chi connectivity index (χ2v) is 6.01. The standard InChI is InChI=1S/C17H24N2O4/c1-13(17(20)19-5-7-21-8-6-19)18(2)12-14-3-4-15-16(11-14)23-10-9-22-15/h3-4,11,13H,5-10,12H2,1-2H3. The average molecular weight is 320 g/mol. The molecule has 1 fully saturated rings. The van der Waals surface area contributed by atoms with Crippen LogP contribution in [-0.2, 0) is 16.1 Å². The van der Waals surface area contributed by atoms with Crippen molar-refractivity contribution < 1.29 is 19.0 Å². The number of morpholine rings is 1. The Morgan fingerprint density at radius 1 is 1.17 bits per heavy atom. The minimum absolute atomic E-state index is 0.161. The molecule has 1 saturated heterocycles. The van der Waals surface area contributed by atoms with Gasteiger partial charge in [0.25, 0.3) is 0 Å². The average Bonchev–Trinajstić information content (AvgIpc) is 2.61. The second-order valence-electron chi connectivity index (χ2n) is 6.01.